The number of carboxylic acid groups (broad SMARTS) is 1. The SMILES string of the molecule is N[C@@H](Cc1cnc[nH]1)C(=O)N1CCC[C@H]1C(=O)N[C@@H](Cc1ccc(O)cc1)C(=O)O. The zero-order valence-corrected chi connectivity index (χ0v) is 16.3. The van der Waals surface area contributed by atoms with Gasteiger partial charge in [-0.1, -0.05) is 12.1 Å². The molecule has 10 nitrogen and oxygen atoms in total. The van der Waals surface area contributed by atoms with Crippen molar-refractivity contribution in [3.8, 4) is 5.75 Å². The molecule has 1 fully saturated rings. The first-order valence-electron chi connectivity index (χ1n) is 9.69. The van der Waals surface area contributed by atoms with Gasteiger partial charge in [-0.15, -0.1) is 0 Å². The number of aromatic nitrogens is 2. The van der Waals surface area contributed by atoms with E-state index in [0.717, 1.165) is 5.69 Å². The number of rotatable bonds is 8. The van der Waals surface area contributed by atoms with Crippen LogP contribution in [0.4, 0.5) is 0 Å². The number of carboxylic acids is 1. The van der Waals surface area contributed by atoms with E-state index in [9.17, 15) is 24.6 Å². The summed E-state index contributed by atoms with van der Waals surface area (Å²) >= 11 is 0. The molecule has 1 aromatic carbocycles. The standard InChI is InChI=1S/C20H25N5O5/c21-15(9-13-10-22-11-23-13)19(28)25-7-1-2-17(25)18(27)24-16(20(29)30)8-12-3-5-14(26)6-4-12/h3-6,10-11,15-17,26H,1-2,7-9,21H2,(H,22,23)(H,24,27)(H,29,30)/t15-,16-,17-/m0/s1. The van der Waals surface area contributed by atoms with E-state index in [1.54, 1.807) is 18.3 Å². The number of hydrogen-bond acceptors (Lipinski definition) is 6. The molecule has 0 spiro atoms. The number of aromatic amines is 1. The van der Waals surface area contributed by atoms with Crippen molar-refractivity contribution in [3.63, 3.8) is 0 Å². The number of aliphatic carboxylic acids is 1. The first kappa shape index (κ1) is 21.3. The maximum Gasteiger partial charge on any atom is 0.326 e. The lowest BCUT2D eigenvalue weighted by Crippen LogP contribution is -2.54. The van der Waals surface area contributed by atoms with Crippen molar-refractivity contribution in [3.05, 3.63) is 48.0 Å². The van der Waals surface area contributed by atoms with Crippen LogP contribution < -0.4 is 11.1 Å². The molecule has 160 valence electrons. The summed E-state index contributed by atoms with van der Waals surface area (Å²) in [5.74, 6) is -1.97. The first-order chi connectivity index (χ1) is 14.3. The van der Waals surface area contributed by atoms with Gasteiger partial charge in [0.25, 0.3) is 0 Å². The molecule has 0 bridgehead atoms. The minimum Gasteiger partial charge on any atom is -0.508 e. The van der Waals surface area contributed by atoms with Gasteiger partial charge in [0.05, 0.1) is 12.4 Å². The Bertz CT molecular complexity index is 884. The Morgan fingerprint density at radius 1 is 1.27 bits per heavy atom. The zero-order valence-electron chi connectivity index (χ0n) is 16.3. The molecule has 30 heavy (non-hydrogen) atoms. The summed E-state index contributed by atoms with van der Waals surface area (Å²) in [6.07, 6.45) is 4.49. The molecular weight excluding hydrogens is 390 g/mol. The third-order valence-electron chi connectivity index (χ3n) is 5.14. The van der Waals surface area contributed by atoms with E-state index in [0.29, 0.717) is 24.9 Å². The maximum absolute atomic E-state index is 12.8. The second kappa shape index (κ2) is 9.40. The van der Waals surface area contributed by atoms with E-state index in [1.807, 2.05) is 0 Å². The van der Waals surface area contributed by atoms with E-state index in [-0.39, 0.29) is 24.5 Å². The van der Waals surface area contributed by atoms with Gasteiger partial charge in [0, 0.05) is 31.3 Å². The van der Waals surface area contributed by atoms with Crippen LogP contribution in [0.5, 0.6) is 5.75 Å². The highest BCUT2D eigenvalue weighted by Gasteiger charge is 2.37. The molecule has 1 aliphatic heterocycles. The Morgan fingerprint density at radius 2 is 2.00 bits per heavy atom. The average molecular weight is 415 g/mol. The molecule has 6 N–H and O–H groups in total. The second-order valence-electron chi connectivity index (χ2n) is 7.35. The summed E-state index contributed by atoms with van der Waals surface area (Å²) in [7, 11) is 0. The monoisotopic (exact) mass is 415 g/mol. The fourth-order valence-electron chi connectivity index (χ4n) is 3.57. The van der Waals surface area contributed by atoms with Crippen LogP contribution in [0.15, 0.2) is 36.8 Å². The third-order valence-corrected chi connectivity index (χ3v) is 5.14. The topological polar surface area (TPSA) is 162 Å². The van der Waals surface area contributed by atoms with E-state index in [4.69, 9.17) is 5.73 Å². The molecule has 10 heteroatoms. The van der Waals surface area contributed by atoms with Gasteiger partial charge < -0.3 is 31.1 Å². The predicted octanol–water partition coefficient (Wildman–Crippen LogP) is -0.212. The lowest BCUT2D eigenvalue weighted by Gasteiger charge is -2.27. The highest BCUT2D eigenvalue weighted by atomic mass is 16.4. The van der Waals surface area contributed by atoms with Gasteiger partial charge in [0.2, 0.25) is 11.8 Å². The lowest BCUT2D eigenvalue weighted by molar-refractivity contribution is -0.144. The number of imidazole rings is 1. The number of amides is 2. The molecule has 2 aromatic rings. The van der Waals surface area contributed by atoms with Crippen molar-refractivity contribution in [1.29, 1.82) is 0 Å². The van der Waals surface area contributed by atoms with Crippen molar-refractivity contribution in [2.75, 3.05) is 6.54 Å². The van der Waals surface area contributed by atoms with E-state index < -0.39 is 30.0 Å². The van der Waals surface area contributed by atoms with Crippen LogP contribution in [0.3, 0.4) is 0 Å². The first-order valence-corrected chi connectivity index (χ1v) is 9.69. The summed E-state index contributed by atoms with van der Waals surface area (Å²) in [6.45, 7) is 0.392. The maximum atomic E-state index is 12.8. The van der Waals surface area contributed by atoms with Crippen molar-refractivity contribution in [2.45, 2.75) is 43.8 Å². The minimum absolute atomic E-state index is 0.0569. The van der Waals surface area contributed by atoms with E-state index in [2.05, 4.69) is 15.3 Å². The number of phenols is 1. The summed E-state index contributed by atoms with van der Waals surface area (Å²) in [5, 5.41) is 21.4. The highest BCUT2D eigenvalue weighted by molar-refractivity contribution is 5.92. The Hall–Kier alpha value is -3.40. The molecule has 2 amide bonds. The summed E-state index contributed by atoms with van der Waals surface area (Å²) in [4.78, 5) is 45.4. The molecule has 2 heterocycles. The smallest absolute Gasteiger partial charge is 0.326 e. The molecule has 0 radical (unpaired) electrons. The van der Waals surface area contributed by atoms with Gasteiger partial charge >= 0.3 is 5.97 Å². The zero-order chi connectivity index (χ0) is 21.7. The van der Waals surface area contributed by atoms with Gasteiger partial charge in [-0.25, -0.2) is 9.78 Å². The Balaban J connectivity index is 1.63. The lowest BCUT2D eigenvalue weighted by atomic mass is 10.0. The average Bonchev–Trinajstić information content (AvgIpc) is 3.40. The fourth-order valence-corrected chi connectivity index (χ4v) is 3.57. The Morgan fingerprint density at radius 3 is 2.63 bits per heavy atom. The molecule has 3 atom stereocenters. The van der Waals surface area contributed by atoms with Crippen LogP contribution in [-0.4, -0.2) is 67.5 Å². The number of likely N-dealkylation sites (tertiary alicyclic amines) is 1. The number of nitrogens with zero attached hydrogens (tertiary/aromatic N) is 2. The number of nitrogens with one attached hydrogen (secondary N) is 2. The number of nitrogens with two attached hydrogens (primary N) is 1. The molecule has 0 unspecified atom stereocenters. The number of carbonyl (C=O) groups excluding carboxylic acids is 2. The largest absolute Gasteiger partial charge is 0.508 e. The predicted molar refractivity (Wildman–Crippen MR) is 106 cm³/mol. The van der Waals surface area contributed by atoms with Gasteiger partial charge in [-0.2, -0.15) is 0 Å². The van der Waals surface area contributed by atoms with E-state index in [1.165, 1.54) is 23.4 Å². The van der Waals surface area contributed by atoms with Gasteiger partial charge in [0.15, 0.2) is 0 Å². The van der Waals surface area contributed by atoms with Crippen LogP contribution in [0.25, 0.3) is 0 Å². The Labute approximate surface area is 173 Å². The van der Waals surface area contributed by atoms with Crippen molar-refractivity contribution in [2.24, 2.45) is 5.73 Å². The van der Waals surface area contributed by atoms with Crippen molar-refractivity contribution >= 4 is 17.8 Å². The molecule has 0 saturated carbocycles. The van der Waals surface area contributed by atoms with Gasteiger partial charge in [-0.3, -0.25) is 9.59 Å². The quantitative estimate of drug-likeness (QED) is 0.398. The van der Waals surface area contributed by atoms with Crippen LogP contribution >= 0.6 is 0 Å². The summed E-state index contributed by atoms with van der Waals surface area (Å²) in [5.41, 5.74) is 7.40. The van der Waals surface area contributed by atoms with Crippen molar-refractivity contribution in [1.82, 2.24) is 20.2 Å². The molecule has 1 aromatic heterocycles. The van der Waals surface area contributed by atoms with Gasteiger partial charge in [0.1, 0.15) is 17.8 Å². The fraction of sp³-hybridized carbons (Fsp3) is 0.400. The van der Waals surface area contributed by atoms with Crippen LogP contribution in [-0.2, 0) is 27.2 Å². The second-order valence-corrected chi connectivity index (χ2v) is 7.35. The van der Waals surface area contributed by atoms with Crippen LogP contribution in [0.1, 0.15) is 24.1 Å². The number of phenolic OH excluding ortho intramolecular Hbond substituents is 1. The number of benzene rings is 1. The number of aromatic hydroxyl groups is 1. The summed E-state index contributed by atoms with van der Waals surface area (Å²) in [6, 6.07) is 3.36. The van der Waals surface area contributed by atoms with Gasteiger partial charge in [-0.05, 0) is 30.5 Å². The normalized spacial score (nSPS) is 18.0. The Kier molecular flexibility index (Phi) is 6.68. The van der Waals surface area contributed by atoms with E-state index >= 15 is 0 Å². The minimum atomic E-state index is -1.18. The third kappa shape index (κ3) is 5.15. The van der Waals surface area contributed by atoms with Crippen LogP contribution in [0, 0.1) is 0 Å². The molecule has 0 aliphatic carbocycles. The number of H-pyrrole nitrogens is 1. The number of hydrogen-bond donors (Lipinski definition) is 5. The molecular formula is C20H25N5O5. The number of carbonyl (C=O) groups is 3. The molecule has 1 saturated heterocycles. The highest BCUT2D eigenvalue weighted by Crippen LogP contribution is 2.20. The summed E-state index contributed by atoms with van der Waals surface area (Å²) < 4.78 is 0. The van der Waals surface area contributed by atoms with Crippen LogP contribution in [0.2, 0.25) is 0 Å². The molecule has 3 rings (SSSR count). The van der Waals surface area contributed by atoms with Crippen molar-refractivity contribution < 1.29 is 24.6 Å². The molecule has 1 aliphatic rings.